The van der Waals surface area contributed by atoms with Crippen molar-refractivity contribution in [2.45, 2.75) is 13.0 Å². The number of rotatable bonds is 4. The Morgan fingerprint density at radius 3 is 2.39 bits per heavy atom. The summed E-state index contributed by atoms with van der Waals surface area (Å²) in [6.45, 7) is 1.75. The van der Waals surface area contributed by atoms with Crippen molar-refractivity contribution in [3.63, 3.8) is 0 Å². The lowest BCUT2D eigenvalue weighted by Crippen LogP contribution is -2.45. The smallest absolute Gasteiger partial charge is 0.337 e. The SMILES string of the molecule is COC(=O)C1=C(C)NC(=S)N[C@H]1c1cc(OC)c(OC)cc1Cl. The van der Waals surface area contributed by atoms with Gasteiger partial charge < -0.3 is 24.8 Å². The molecule has 23 heavy (non-hydrogen) atoms. The highest BCUT2D eigenvalue weighted by atomic mass is 35.5. The number of methoxy groups -OCH3 is 3. The predicted octanol–water partition coefficient (Wildman–Crippen LogP) is 2.32. The molecule has 1 heterocycles. The monoisotopic (exact) mass is 356 g/mol. The molecule has 1 aromatic carbocycles. The van der Waals surface area contributed by atoms with Gasteiger partial charge in [-0.15, -0.1) is 0 Å². The van der Waals surface area contributed by atoms with Crippen LogP contribution < -0.4 is 20.1 Å². The fourth-order valence-electron chi connectivity index (χ4n) is 2.40. The molecule has 0 amide bonds. The molecule has 0 spiro atoms. The second-order valence-electron chi connectivity index (χ2n) is 4.79. The van der Waals surface area contributed by atoms with Crippen LogP contribution in [0.1, 0.15) is 18.5 Å². The molecule has 2 N–H and O–H groups in total. The summed E-state index contributed by atoms with van der Waals surface area (Å²) >= 11 is 11.5. The molecule has 6 nitrogen and oxygen atoms in total. The van der Waals surface area contributed by atoms with Crippen molar-refractivity contribution in [2.24, 2.45) is 0 Å². The lowest BCUT2D eigenvalue weighted by Gasteiger charge is -2.30. The summed E-state index contributed by atoms with van der Waals surface area (Å²) in [5.41, 5.74) is 1.64. The Labute approximate surface area is 144 Å². The highest BCUT2D eigenvalue weighted by molar-refractivity contribution is 7.80. The molecule has 0 radical (unpaired) electrons. The van der Waals surface area contributed by atoms with Crippen molar-refractivity contribution in [1.82, 2.24) is 10.6 Å². The van der Waals surface area contributed by atoms with E-state index in [4.69, 9.17) is 38.0 Å². The Morgan fingerprint density at radius 1 is 1.22 bits per heavy atom. The number of thiocarbonyl (C=S) groups is 1. The maximum absolute atomic E-state index is 12.2. The van der Waals surface area contributed by atoms with Crippen LogP contribution in [0.2, 0.25) is 5.02 Å². The number of halogens is 1. The first kappa shape index (κ1) is 17.4. The first-order chi connectivity index (χ1) is 10.9. The summed E-state index contributed by atoms with van der Waals surface area (Å²) in [5.74, 6) is 0.527. The molecule has 8 heteroatoms. The van der Waals surface area contributed by atoms with Crippen molar-refractivity contribution >= 4 is 34.9 Å². The standard InChI is InChI=1S/C15H17ClN2O4S/c1-7-12(14(19)22-4)13(18-15(23)17-7)8-5-10(20-2)11(21-3)6-9(8)16/h5-6,13H,1-4H3,(H2,17,18,23)/t13-/m0/s1. The van der Waals surface area contributed by atoms with Gasteiger partial charge in [0.2, 0.25) is 0 Å². The third kappa shape index (κ3) is 3.35. The Morgan fingerprint density at radius 2 is 1.83 bits per heavy atom. The van der Waals surface area contributed by atoms with E-state index < -0.39 is 12.0 Å². The number of ether oxygens (including phenoxy) is 3. The summed E-state index contributed by atoms with van der Waals surface area (Å²) in [6, 6.07) is 2.79. The second-order valence-corrected chi connectivity index (χ2v) is 5.61. The molecule has 1 atom stereocenters. The van der Waals surface area contributed by atoms with E-state index in [1.54, 1.807) is 19.1 Å². The number of benzene rings is 1. The minimum absolute atomic E-state index is 0.394. The summed E-state index contributed by atoms with van der Waals surface area (Å²) in [5, 5.41) is 6.76. The Balaban J connectivity index is 2.60. The summed E-state index contributed by atoms with van der Waals surface area (Å²) < 4.78 is 15.4. The van der Waals surface area contributed by atoms with Crippen LogP contribution in [-0.4, -0.2) is 32.4 Å². The van der Waals surface area contributed by atoms with Crippen LogP contribution >= 0.6 is 23.8 Å². The number of hydrogen-bond acceptors (Lipinski definition) is 5. The minimum atomic E-state index is -0.552. The van der Waals surface area contributed by atoms with Crippen molar-refractivity contribution in [3.05, 3.63) is 34.0 Å². The summed E-state index contributed by atoms with van der Waals surface area (Å²) in [4.78, 5) is 12.2. The summed E-state index contributed by atoms with van der Waals surface area (Å²) in [6.07, 6.45) is 0. The van der Waals surface area contributed by atoms with Gasteiger partial charge in [-0.2, -0.15) is 0 Å². The zero-order chi connectivity index (χ0) is 17.1. The molecule has 0 unspecified atom stereocenters. The van der Waals surface area contributed by atoms with Crippen molar-refractivity contribution < 1.29 is 19.0 Å². The van der Waals surface area contributed by atoms with Crippen molar-refractivity contribution in [1.29, 1.82) is 0 Å². The van der Waals surface area contributed by atoms with E-state index in [-0.39, 0.29) is 0 Å². The third-order valence-corrected chi connectivity index (χ3v) is 4.04. The molecule has 1 aliphatic heterocycles. The van der Waals surface area contributed by atoms with Gasteiger partial charge in [0.1, 0.15) is 0 Å². The lowest BCUT2D eigenvalue weighted by atomic mass is 9.95. The molecule has 2 rings (SSSR count). The van der Waals surface area contributed by atoms with Crippen LogP contribution in [0, 0.1) is 0 Å². The van der Waals surface area contributed by atoms with E-state index in [1.807, 2.05) is 0 Å². The van der Waals surface area contributed by atoms with E-state index >= 15 is 0 Å². The molecule has 0 aliphatic carbocycles. The van der Waals surface area contributed by atoms with E-state index in [9.17, 15) is 4.79 Å². The molecule has 0 saturated heterocycles. The number of hydrogen-bond donors (Lipinski definition) is 2. The third-order valence-electron chi connectivity index (χ3n) is 3.49. The van der Waals surface area contributed by atoms with Gasteiger partial charge in [0, 0.05) is 17.3 Å². The van der Waals surface area contributed by atoms with Gasteiger partial charge in [-0.25, -0.2) is 4.79 Å². The van der Waals surface area contributed by atoms with E-state index in [0.717, 1.165) is 0 Å². The minimum Gasteiger partial charge on any atom is -0.493 e. The van der Waals surface area contributed by atoms with Crippen molar-refractivity contribution in [2.75, 3.05) is 21.3 Å². The Bertz CT molecular complexity index is 690. The van der Waals surface area contributed by atoms with Gasteiger partial charge in [0.05, 0.1) is 38.0 Å². The molecule has 0 aromatic heterocycles. The number of esters is 1. The van der Waals surface area contributed by atoms with E-state index in [0.29, 0.717) is 38.5 Å². The molecule has 0 saturated carbocycles. The van der Waals surface area contributed by atoms with Gasteiger partial charge in [-0.3, -0.25) is 0 Å². The highest BCUT2D eigenvalue weighted by Crippen LogP contribution is 2.39. The zero-order valence-corrected chi connectivity index (χ0v) is 14.7. The fraction of sp³-hybridized carbons (Fsp3) is 0.333. The van der Waals surface area contributed by atoms with Crippen LogP contribution in [-0.2, 0) is 9.53 Å². The number of nitrogens with one attached hydrogen (secondary N) is 2. The maximum atomic E-state index is 12.2. The van der Waals surface area contributed by atoms with Crippen LogP contribution in [0.25, 0.3) is 0 Å². The molecule has 0 fully saturated rings. The first-order valence-electron chi connectivity index (χ1n) is 6.71. The Hall–Kier alpha value is -1.99. The lowest BCUT2D eigenvalue weighted by molar-refractivity contribution is -0.136. The van der Waals surface area contributed by atoms with Gasteiger partial charge >= 0.3 is 5.97 Å². The topological polar surface area (TPSA) is 68.8 Å². The first-order valence-corrected chi connectivity index (χ1v) is 7.49. The number of allylic oxidation sites excluding steroid dienone is 1. The van der Waals surface area contributed by atoms with Gasteiger partial charge in [-0.1, -0.05) is 11.6 Å². The van der Waals surface area contributed by atoms with E-state index in [1.165, 1.54) is 21.3 Å². The molecule has 0 bridgehead atoms. The maximum Gasteiger partial charge on any atom is 0.337 e. The van der Waals surface area contributed by atoms with Gasteiger partial charge in [0.15, 0.2) is 16.6 Å². The van der Waals surface area contributed by atoms with Crippen LogP contribution in [0.15, 0.2) is 23.4 Å². The highest BCUT2D eigenvalue weighted by Gasteiger charge is 2.32. The average Bonchev–Trinajstić information content (AvgIpc) is 2.53. The molecule has 1 aliphatic rings. The normalized spacial score (nSPS) is 17.3. The fourth-order valence-corrected chi connectivity index (χ4v) is 2.93. The molecule has 124 valence electrons. The number of carbonyl (C=O) groups excluding carboxylic acids is 1. The molecular formula is C15H17ClN2O4S. The van der Waals surface area contributed by atoms with Gasteiger partial charge in [0.25, 0.3) is 0 Å². The predicted molar refractivity (Wildman–Crippen MR) is 90.9 cm³/mol. The van der Waals surface area contributed by atoms with Crippen LogP contribution in [0.5, 0.6) is 11.5 Å². The van der Waals surface area contributed by atoms with E-state index in [2.05, 4.69) is 10.6 Å². The molecule has 1 aromatic rings. The molecular weight excluding hydrogens is 340 g/mol. The average molecular weight is 357 g/mol. The zero-order valence-electron chi connectivity index (χ0n) is 13.2. The Kier molecular flexibility index (Phi) is 5.33. The van der Waals surface area contributed by atoms with Crippen molar-refractivity contribution in [3.8, 4) is 11.5 Å². The second kappa shape index (κ2) is 7.06. The van der Waals surface area contributed by atoms with Gasteiger partial charge in [-0.05, 0) is 25.2 Å². The largest absolute Gasteiger partial charge is 0.493 e. The quantitative estimate of drug-likeness (QED) is 0.633. The number of carbonyl (C=O) groups is 1. The van der Waals surface area contributed by atoms with Crippen LogP contribution in [0.3, 0.4) is 0 Å². The summed E-state index contributed by atoms with van der Waals surface area (Å²) in [7, 11) is 4.37. The van der Waals surface area contributed by atoms with Crippen LogP contribution in [0.4, 0.5) is 0 Å².